The number of nitrogens with zero attached hydrogens (tertiary/aromatic N) is 3. The summed E-state index contributed by atoms with van der Waals surface area (Å²) in [4.78, 5) is 15.6. The molecule has 2 heterocycles. The Morgan fingerprint density at radius 1 is 0.967 bits per heavy atom. The molecule has 5 nitrogen and oxygen atoms in total. The molecule has 1 aromatic heterocycles. The molecule has 5 heteroatoms. The SMILES string of the molecule is Cc1ccccc1-n1nc(C(=O)NCc2ccccc2N2CCCC2)c2c1CCC2. The minimum absolute atomic E-state index is 0.0725. The first-order chi connectivity index (χ1) is 14.7. The first-order valence-corrected chi connectivity index (χ1v) is 11.0. The molecule has 5 rings (SSSR count). The molecule has 1 N–H and O–H groups in total. The third-order valence-corrected chi connectivity index (χ3v) is 6.37. The predicted octanol–water partition coefficient (Wildman–Crippen LogP) is 4.20. The molecule has 3 aromatic rings. The molecular weight excluding hydrogens is 372 g/mol. The van der Waals surface area contributed by atoms with E-state index in [-0.39, 0.29) is 5.91 Å². The van der Waals surface area contributed by atoms with Gasteiger partial charge in [-0.05, 0) is 62.3 Å². The number of aryl methyl sites for hydroxylation is 1. The van der Waals surface area contributed by atoms with Gasteiger partial charge in [-0.25, -0.2) is 4.68 Å². The van der Waals surface area contributed by atoms with Crippen LogP contribution < -0.4 is 10.2 Å². The normalized spacial score (nSPS) is 15.4. The molecule has 0 spiro atoms. The highest BCUT2D eigenvalue weighted by Crippen LogP contribution is 2.29. The summed E-state index contributed by atoms with van der Waals surface area (Å²) in [5.41, 5.74) is 7.53. The van der Waals surface area contributed by atoms with Crippen LogP contribution in [0.25, 0.3) is 5.69 Å². The number of anilines is 1. The fraction of sp³-hybridized carbons (Fsp3) is 0.360. The largest absolute Gasteiger partial charge is 0.371 e. The zero-order valence-electron chi connectivity index (χ0n) is 17.5. The van der Waals surface area contributed by atoms with Gasteiger partial charge in [0.2, 0.25) is 0 Å². The zero-order valence-corrected chi connectivity index (χ0v) is 17.5. The van der Waals surface area contributed by atoms with Crippen LogP contribution in [0.1, 0.15) is 52.1 Å². The quantitative estimate of drug-likeness (QED) is 0.698. The van der Waals surface area contributed by atoms with Crippen LogP contribution in [0.15, 0.2) is 48.5 Å². The average molecular weight is 401 g/mol. The minimum Gasteiger partial charge on any atom is -0.371 e. The van der Waals surface area contributed by atoms with Gasteiger partial charge in [-0.1, -0.05) is 36.4 Å². The summed E-state index contributed by atoms with van der Waals surface area (Å²) in [5, 5.41) is 7.92. The second-order valence-electron chi connectivity index (χ2n) is 8.33. The van der Waals surface area contributed by atoms with E-state index < -0.39 is 0 Å². The highest BCUT2D eigenvalue weighted by Gasteiger charge is 2.27. The Labute approximate surface area is 177 Å². The Morgan fingerprint density at radius 3 is 2.50 bits per heavy atom. The van der Waals surface area contributed by atoms with Crippen molar-refractivity contribution in [3.8, 4) is 5.69 Å². The van der Waals surface area contributed by atoms with Gasteiger partial charge in [0.1, 0.15) is 0 Å². The van der Waals surface area contributed by atoms with Gasteiger partial charge >= 0.3 is 0 Å². The van der Waals surface area contributed by atoms with Crippen molar-refractivity contribution < 1.29 is 4.79 Å². The lowest BCUT2D eigenvalue weighted by atomic mass is 10.1. The second kappa shape index (κ2) is 7.98. The predicted molar refractivity (Wildman–Crippen MR) is 119 cm³/mol. The van der Waals surface area contributed by atoms with Crippen LogP contribution in [0.4, 0.5) is 5.69 Å². The summed E-state index contributed by atoms with van der Waals surface area (Å²) < 4.78 is 1.99. The Balaban J connectivity index is 1.39. The Hall–Kier alpha value is -3.08. The molecule has 1 amide bonds. The summed E-state index contributed by atoms with van der Waals surface area (Å²) in [6.07, 6.45) is 5.46. The third-order valence-electron chi connectivity index (χ3n) is 6.37. The number of amides is 1. The van der Waals surface area contributed by atoms with Gasteiger partial charge < -0.3 is 10.2 Å². The number of hydrogen-bond donors (Lipinski definition) is 1. The monoisotopic (exact) mass is 400 g/mol. The molecular formula is C25H28N4O. The van der Waals surface area contributed by atoms with E-state index in [4.69, 9.17) is 5.10 Å². The van der Waals surface area contributed by atoms with Crippen molar-refractivity contribution in [3.05, 3.63) is 76.6 Å². The molecule has 30 heavy (non-hydrogen) atoms. The zero-order chi connectivity index (χ0) is 20.5. The molecule has 0 bridgehead atoms. The lowest BCUT2D eigenvalue weighted by molar-refractivity contribution is 0.0944. The highest BCUT2D eigenvalue weighted by molar-refractivity contribution is 5.94. The lowest BCUT2D eigenvalue weighted by Crippen LogP contribution is -2.26. The maximum Gasteiger partial charge on any atom is 0.272 e. The summed E-state index contributed by atoms with van der Waals surface area (Å²) in [7, 11) is 0. The van der Waals surface area contributed by atoms with Crippen molar-refractivity contribution in [2.75, 3.05) is 18.0 Å². The van der Waals surface area contributed by atoms with Crippen LogP contribution in [-0.4, -0.2) is 28.8 Å². The van der Waals surface area contributed by atoms with Gasteiger partial charge in [-0.3, -0.25) is 4.79 Å². The van der Waals surface area contributed by atoms with Crippen LogP contribution in [0.5, 0.6) is 0 Å². The number of nitrogens with one attached hydrogen (secondary N) is 1. The fourth-order valence-corrected chi connectivity index (χ4v) is 4.81. The van der Waals surface area contributed by atoms with Crippen LogP contribution in [0.3, 0.4) is 0 Å². The Kier molecular flexibility index (Phi) is 5.03. The molecule has 1 fully saturated rings. The van der Waals surface area contributed by atoms with E-state index in [0.717, 1.165) is 43.6 Å². The van der Waals surface area contributed by atoms with Crippen LogP contribution in [-0.2, 0) is 19.4 Å². The summed E-state index contributed by atoms with van der Waals surface area (Å²) in [6, 6.07) is 16.6. The van der Waals surface area contributed by atoms with E-state index in [2.05, 4.69) is 47.5 Å². The molecule has 0 radical (unpaired) electrons. The number of fused-ring (bicyclic) bond motifs is 1. The van der Waals surface area contributed by atoms with Crippen molar-refractivity contribution >= 4 is 11.6 Å². The van der Waals surface area contributed by atoms with Crippen LogP contribution >= 0.6 is 0 Å². The molecule has 2 aliphatic rings. The Morgan fingerprint density at radius 2 is 1.70 bits per heavy atom. The van der Waals surface area contributed by atoms with Gasteiger partial charge in [0, 0.05) is 36.6 Å². The van der Waals surface area contributed by atoms with Crippen molar-refractivity contribution in [1.29, 1.82) is 0 Å². The summed E-state index contributed by atoms with van der Waals surface area (Å²) in [5.74, 6) is -0.0725. The van der Waals surface area contributed by atoms with Crippen LogP contribution in [0, 0.1) is 6.92 Å². The molecule has 1 aliphatic heterocycles. The minimum atomic E-state index is -0.0725. The number of para-hydroxylation sites is 2. The second-order valence-corrected chi connectivity index (χ2v) is 8.33. The van der Waals surface area contributed by atoms with Gasteiger partial charge in [0.15, 0.2) is 5.69 Å². The molecule has 0 unspecified atom stereocenters. The molecule has 0 saturated carbocycles. The van der Waals surface area contributed by atoms with Crippen molar-refractivity contribution in [3.63, 3.8) is 0 Å². The lowest BCUT2D eigenvalue weighted by Gasteiger charge is -2.21. The smallest absolute Gasteiger partial charge is 0.272 e. The number of aromatic nitrogens is 2. The standard InChI is InChI=1S/C25H28N4O/c1-18-9-2-4-12-21(18)29-23-14-8-11-20(23)24(27-29)25(30)26-17-19-10-3-5-13-22(19)28-15-6-7-16-28/h2-5,9-10,12-13H,6-8,11,14-17H2,1H3,(H,26,30). The van der Waals surface area contributed by atoms with Crippen LogP contribution in [0.2, 0.25) is 0 Å². The first-order valence-electron chi connectivity index (χ1n) is 11.0. The van der Waals surface area contributed by atoms with E-state index in [1.807, 2.05) is 22.9 Å². The first kappa shape index (κ1) is 18.9. The van der Waals surface area contributed by atoms with Gasteiger partial charge in [0.25, 0.3) is 5.91 Å². The van der Waals surface area contributed by atoms with E-state index >= 15 is 0 Å². The molecule has 1 aliphatic carbocycles. The van der Waals surface area contributed by atoms with E-state index in [1.54, 1.807) is 0 Å². The number of rotatable bonds is 5. The van der Waals surface area contributed by atoms with Crippen molar-refractivity contribution in [2.24, 2.45) is 0 Å². The molecule has 154 valence electrons. The number of benzene rings is 2. The maximum atomic E-state index is 13.1. The molecule has 2 aromatic carbocycles. The number of carbonyl (C=O) groups is 1. The van der Waals surface area contributed by atoms with Crippen molar-refractivity contribution in [2.45, 2.75) is 45.6 Å². The molecule has 1 saturated heterocycles. The van der Waals surface area contributed by atoms with Gasteiger partial charge in [-0.15, -0.1) is 0 Å². The van der Waals surface area contributed by atoms with Gasteiger partial charge in [0.05, 0.1) is 5.69 Å². The average Bonchev–Trinajstić information content (AvgIpc) is 3.51. The highest BCUT2D eigenvalue weighted by atomic mass is 16.1. The maximum absolute atomic E-state index is 13.1. The van der Waals surface area contributed by atoms with E-state index in [0.29, 0.717) is 12.2 Å². The fourth-order valence-electron chi connectivity index (χ4n) is 4.81. The number of hydrogen-bond acceptors (Lipinski definition) is 3. The number of carbonyl (C=O) groups excluding carboxylic acids is 1. The topological polar surface area (TPSA) is 50.2 Å². The van der Waals surface area contributed by atoms with Gasteiger partial charge in [-0.2, -0.15) is 5.10 Å². The van der Waals surface area contributed by atoms with E-state index in [1.165, 1.54) is 35.3 Å². The summed E-state index contributed by atoms with van der Waals surface area (Å²) >= 11 is 0. The third kappa shape index (κ3) is 3.38. The molecule has 0 atom stereocenters. The summed E-state index contributed by atoms with van der Waals surface area (Å²) in [6.45, 7) is 4.81. The van der Waals surface area contributed by atoms with E-state index in [9.17, 15) is 4.79 Å². The Bertz CT molecular complexity index is 1080. The van der Waals surface area contributed by atoms with Crippen molar-refractivity contribution in [1.82, 2.24) is 15.1 Å².